The van der Waals surface area contributed by atoms with Gasteiger partial charge in [-0.15, -0.1) is 0 Å². The van der Waals surface area contributed by atoms with Crippen molar-refractivity contribution in [3.63, 3.8) is 0 Å². The summed E-state index contributed by atoms with van der Waals surface area (Å²) >= 11 is 0. The van der Waals surface area contributed by atoms with Gasteiger partial charge in [-0.05, 0) is 25.5 Å². The number of hydrogen-bond acceptors (Lipinski definition) is 6. The topological polar surface area (TPSA) is 55.4 Å². The molecule has 0 amide bonds. The summed E-state index contributed by atoms with van der Waals surface area (Å²) in [6.45, 7) is 5.39. The van der Waals surface area contributed by atoms with Crippen molar-refractivity contribution < 1.29 is 28.4 Å². The maximum Gasteiger partial charge on any atom is 0.163 e. The van der Waals surface area contributed by atoms with E-state index in [1.807, 2.05) is 50.3 Å². The molecule has 0 radical (unpaired) electrons. The molecule has 1 aromatic rings. The van der Waals surface area contributed by atoms with Crippen LogP contribution in [0, 0.1) is 0 Å². The van der Waals surface area contributed by atoms with Crippen LogP contribution in [0.15, 0.2) is 42.7 Å². The number of hydrogen-bond donors (Lipinski definition) is 0. The van der Waals surface area contributed by atoms with Crippen molar-refractivity contribution in [2.75, 3.05) is 27.1 Å². The molecule has 144 valence electrons. The van der Waals surface area contributed by atoms with E-state index >= 15 is 0 Å². The highest BCUT2D eigenvalue weighted by atomic mass is 16.7. The lowest BCUT2D eigenvalue weighted by atomic mass is 9.91. The summed E-state index contributed by atoms with van der Waals surface area (Å²) in [5.41, 5.74) is 0.447. The molecule has 6 heteroatoms. The van der Waals surface area contributed by atoms with Crippen LogP contribution >= 0.6 is 0 Å². The van der Waals surface area contributed by atoms with Gasteiger partial charge in [0.25, 0.3) is 0 Å². The lowest BCUT2D eigenvalue weighted by Gasteiger charge is -2.35. The summed E-state index contributed by atoms with van der Waals surface area (Å²) in [6.07, 6.45) is 3.89. The Bertz CT molecular complexity index is 587. The number of methoxy groups -OCH3 is 1. The van der Waals surface area contributed by atoms with Gasteiger partial charge in [0.05, 0.1) is 32.2 Å². The Kier molecular flexibility index (Phi) is 6.32. The highest BCUT2D eigenvalue weighted by Gasteiger charge is 2.48. The van der Waals surface area contributed by atoms with Gasteiger partial charge in [0, 0.05) is 13.5 Å². The quantitative estimate of drug-likeness (QED) is 0.496. The van der Waals surface area contributed by atoms with Crippen LogP contribution in [0.1, 0.15) is 25.8 Å². The van der Waals surface area contributed by atoms with E-state index in [4.69, 9.17) is 28.4 Å². The molecule has 6 nitrogen and oxygen atoms in total. The first-order chi connectivity index (χ1) is 12.5. The van der Waals surface area contributed by atoms with Crippen LogP contribution in [0.4, 0.5) is 0 Å². The van der Waals surface area contributed by atoms with E-state index in [2.05, 4.69) is 0 Å². The van der Waals surface area contributed by atoms with Gasteiger partial charge in [0.2, 0.25) is 0 Å². The third-order valence-corrected chi connectivity index (χ3v) is 4.54. The summed E-state index contributed by atoms with van der Waals surface area (Å²) in [6, 6.07) is 10.1. The SMILES string of the molecule is COCOC[C@@]1(CC2COC(C)(C)O2)OC=C[C@H]1OCc1ccccc1. The summed E-state index contributed by atoms with van der Waals surface area (Å²) in [5, 5.41) is 0. The van der Waals surface area contributed by atoms with Crippen molar-refractivity contribution in [2.45, 2.75) is 50.5 Å². The van der Waals surface area contributed by atoms with E-state index < -0.39 is 11.4 Å². The van der Waals surface area contributed by atoms with Gasteiger partial charge in [-0.25, -0.2) is 0 Å². The van der Waals surface area contributed by atoms with Crippen LogP contribution in [0.5, 0.6) is 0 Å². The van der Waals surface area contributed by atoms with Crippen LogP contribution in [-0.4, -0.2) is 50.7 Å². The van der Waals surface area contributed by atoms with Crippen molar-refractivity contribution in [2.24, 2.45) is 0 Å². The zero-order valence-electron chi connectivity index (χ0n) is 15.7. The molecule has 1 saturated heterocycles. The molecule has 0 spiro atoms. The van der Waals surface area contributed by atoms with Crippen LogP contribution in [0.2, 0.25) is 0 Å². The summed E-state index contributed by atoms with van der Waals surface area (Å²) < 4.78 is 34.5. The Labute approximate surface area is 155 Å². The average molecular weight is 364 g/mol. The minimum atomic E-state index is -0.665. The largest absolute Gasteiger partial charge is 0.490 e. The first-order valence-electron chi connectivity index (χ1n) is 8.91. The van der Waals surface area contributed by atoms with Gasteiger partial charge in [-0.3, -0.25) is 0 Å². The van der Waals surface area contributed by atoms with Crippen LogP contribution < -0.4 is 0 Å². The molecule has 2 aliphatic rings. The van der Waals surface area contributed by atoms with Crippen molar-refractivity contribution >= 4 is 0 Å². The van der Waals surface area contributed by atoms with Gasteiger partial charge < -0.3 is 28.4 Å². The molecule has 0 N–H and O–H groups in total. The lowest BCUT2D eigenvalue weighted by Crippen LogP contribution is -2.48. The fourth-order valence-electron chi connectivity index (χ4n) is 3.34. The molecular formula is C20H28O6. The van der Waals surface area contributed by atoms with E-state index in [0.717, 1.165) is 5.56 Å². The third kappa shape index (κ3) is 4.84. The molecule has 0 aromatic heterocycles. The molecule has 26 heavy (non-hydrogen) atoms. The summed E-state index contributed by atoms with van der Waals surface area (Å²) in [5.74, 6) is -0.578. The first-order valence-corrected chi connectivity index (χ1v) is 8.91. The number of benzene rings is 1. The third-order valence-electron chi connectivity index (χ3n) is 4.54. The molecule has 3 atom stereocenters. The summed E-state index contributed by atoms with van der Waals surface area (Å²) in [7, 11) is 1.60. The molecule has 1 fully saturated rings. The van der Waals surface area contributed by atoms with Crippen LogP contribution in [0.25, 0.3) is 0 Å². The summed E-state index contributed by atoms with van der Waals surface area (Å²) in [4.78, 5) is 0. The minimum absolute atomic E-state index is 0.0844. The smallest absolute Gasteiger partial charge is 0.163 e. The second-order valence-corrected chi connectivity index (χ2v) is 7.14. The predicted molar refractivity (Wildman–Crippen MR) is 95.3 cm³/mol. The molecule has 1 aromatic carbocycles. The predicted octanol–water partition coefficient (Wildman–Crippen LogP) is 3.02. The van der Waals surface area contributed by atoms with Gasteiger partial charge in [0.1, 0.15) is 12.9 Å². The zero-order chi connectivity index (χ0) is 18.5. The number of ether oxygens (including phenoxy) is 6. The van der Waals surface area contributed by atoms with Crippen LogP contribution in [-0.2, 0) is 35.0 Å². The maximum atomic E-state index is 6.17. The second-order valence-electron chi connectivity index (χ2n) is 7.14. The zero-order valence-corrected chi connectivity index (χ0v) is 15.7. The van der Waals surface area contributed by atoms with Gasteiger partial charge in [-0.1, -0.05) is 30.3 Å². The highest BCUT2D eigenvalue weighted by molar-refractivity contribution is 5.15. The molecule has 0 saturated carbocycles. The molecule has 1 unspecified atom stereocenters. The van der Waals surface area contributed by atoms with Crippen molar-refractivity contribution in [3.8, 4) is 0 Å². The standard InChI is InChI=1S/C20H28O6/c1-19(2)25-13-17(26-19)11-20(14-22-15-21-3)18(9-10-24-20)23-12-16-7-5-4-6-8-16/h4-10,17-18H,11-15H2,1-3H3/t17?,18-,20-/m1/s1. The molecular weight excluding hydrogens is 336 g/mol. The Balaban J connectivity index is 1.67. The normalized spacial score (nSPS) is 29.8. The Morgan fingerprint density at radius 3 is 2.69 bits per heavy atom. The molecule has 2 heterocycles. The Morgan fingerprint density at radius 2 is 2.00 bits per heavy atom. The number of rotatable bonds is 9. The highest BCUT2D eigenvalue weighted by Crippen LogP contribution is 2.36. The van der Waals surface area contributed by atoms with Gasteiger partial charge >= 0.3 is 0 Å². The van der Waals surface area contributed by atoms with E-state index in [1.165, 1.54) is 0 Å². The average Bonchev–Trinajstić information content (AvgIpc) is 3.17. The fraction of sp³-hybridized carbons (Fsp3) is 0.600. The fourth-order valence-corrected chi connectivity index (χ4v) is 3.34. The first kappa shape index (κ1) is 19.3. The van der Waals surface area contributed by atoms with E-state index in [-0.39, 0.29) is 19.0 Å². The Morgan fingerprint density at radius 1 is 1.19 bits per heavy atom. The maximum absolute atomic E-state index is 6.17. The van der Waals surface area contributed by atoms with Crippen LogP contribution in [0.3, 0.4) is 0 Å². The van der Waals surface area contributed by atoms with Gasteiger partial charge in [0.15, 0.2) is 11.4 Å². The second kappa shape index (κ2) is 8.50. The molecule has 0 bridgehead atoms. The monoisotopic (exact) mass is 364 g/mol. The molecule has 0 aliphatic carbocycles. The van der Waals surface area contributed by atoms with E-state index in [0.29, 0.717) is 26.2 Å². The van der Waals surface area contributed by atoms with Crippen molar-refractivity contribution in [1.29, 1.82) is 0 Å². The molecule has 2 aliphatic heterocycles. The van der Waals surface area contributed by atoms with E-state index in [9.17, 15) is 0 Å². The Hall–Kier alpha value is -1.44. The minimum Gasteiger partial charge on any atom is -0.490 e. The molecule has 3 rings (SSSR count). The lowest BCUT2D eigenvalue weighted by molar-refractivity contribution is -0.173. The van der Waals surface area contributed by atoms with Crippen molar-refractivity contribution in [1.82, 2.24) is 0 Å². The van der Waals surface area contributed by atoms with Gasteiger partial charge in [-0.2, -0.15) is 0 Å². The van der Waals surface area contributed by atoms with E-state index in [1.54, 1.807) is 13.4 Å². The van der Waals surface area contributed by atoms with Crippen molar-refractivity contribution in [3.05, 3.63) is 48.2 Å².